The number of carboxylic acids is 1. The maximum atomic E-state index is 13.8. The van der Waals surface area contributed by atoms with E-state index in [1.54, 1.807) is 0 Å². The van der Waals surface area contributed by atoms with Gasteiger partial charge in [0.2, 0.25) is 0 Å². The fraction of sp³-hybridized carbons (Fsp3) is 0.258. The average Bonchev–Trinajstić information content (AvgIpc) is 3.58. The van der Waals surface area contributed by atoms with Crippen molar-refractivity contribution in [3.8, 4) is 5.75 Å². The van der Waals surface area contributed by atoms with E-state index in [1.165, 1.54) is 23.1 Å². The van der Waals surface area contributed by atoms with Gasteiger partial charge in [-0.3, -0.25) is 14.4 Å². The number of hydrogen-bond acceptors (Lipinski definition) is 7. The van der Waals surface area contributed by atoms with Gasteiger partial charge in [-0.1, -0.05) is 24.3 Å². The Balaban J connectivity index is 1.39. The van der Waals surface area contributed by atoms with Crippen molar-refractivity contribution in [1.29, 1.82) is 0 Å². The van der Waals surface area contributed by atoms with Crippen molar-refractivity contribution in [3.05, 3.63) is 93.8 Å². The molecule has 0 radical (unpaired) electrons. The second-order valence-corrected chi connectivity index (χ2v) is 10.3. The van der Waals surface area contributed by atoms with Gasteiger partial charge < -0.3 is 19.6 Å². The highest BCUT2D eigenvalue weighted by Gasteiger charge is 2.40. The zero-order valence-electron chi connectivity index (χ0n) is 22.2. The third-order valence-corrected chi connectivity index (χ3v) is 7.62. The van der Waals surface area contributed by atoms with E-state index in [0.29, 0.717) is 58.1 Å². The van der Waals surface area contributed by atoms with Gasteiger partial charge in [0.15, 0.2) is 0 Å². The minimum atomic E-state index is -1.15. The molecule has 4 aliphatic rings. The normalized spacial score (nSPS) is 19.5. The first kappa shape index (κ1) is 26.2. The molecule has 41 heavy (non-hydrogen) atoms. The lowest BCUT2D eigenvalue weighted by Gasteiger charge is -2.28. The Hall–Kier alpha value is -4.99. The number of allylic oxidation sites excluding steroid dienone is 3. The van der Waals surface area contributed by atoms with Crippen LogP contribution >= 0.6 is 0 Å². The number of aromatic carboxylic acids is 1. The summed E-state index contributed by atoms with van der Waals surface area (Å²) in [4.78, 5) is 69.4. The van der Waals surface area contributed by atoms with E-state index in [2.05, 4.69) is 0 Å². The molecule has 0 bridgehead atoms. The van der Waals surface area contributed by atoms with Crippen molar-refractivity contribution in [2.45, 2.75) is 45.1 Å². The molecule has 2 aromatic rings. The number of fused-ring (bicyclic) bond motifs is 2. The number of hydroxylamine groups is 2. The van der Waals surface area contributed by atoms with Gasteiger partial charge in [0.05, 0.1) is 5.56 Å². The van der Waals surface area contributed by atoms with Crippen LogP contribution < -0.4 is 4.74 Å². The van der Waals surface area contributed by atoms with Gasteiger partial charge in [-0.25, -0.2) is 9.59 Å². The molecule has 3 heterocycles. The van der Waals surface area contributed by atoms with E-state index >= 15 is 0 Å². The van der Waals surface area contributed by atoms with E-state index in [9.17, 15) is 29.1 Å². The maximum absolute atomic E-state index is 13.8. The first-order valence-electron chi connectivity index (χ1n) is 13.4. The van der Waals surface area contributed by atoms with Gasteiger partial charge in [0.25, 0.3) is 17.7 Å². The largest absolute Gasteiger partial charge is 0.478 e. The van der Waals surface area contributed by atoms with Crippen LogP contribution in [0.5, 0.6) is 5.75 Å². The van der Waals surface area contributed by atoms with E-state index in [4.69, 9.17) is 9.57 Å². The summed E-state index contributed by atoms with van der Waals surface area (Å²) in [5.41, 5.74) is 3.56. The third-order valence-electron chi connectivity index (χ3n) is 7.62. The van der Waals surface area contributed by atoms with Gasteiger partial charge in [0.1, 0.15) is 17.6 Å². The number of carbonyl (C=O) groups is 5. The van der Waals surface area contributed by atoms with Crippen LogP contribution in [0.2, 0.25) is 0 Å². The van der Waals surface area contributed by atoms with Gasteiger partial charge >= 0.3 is 11.9 Å². The van der Waals surface area contributed by atoms with E-state index in [-0.39, 0.29) is 30.5 Å². The third kappa shape index (κ3) is 4.61. The Morgan fingerprint density at radius 1 is 1.02 bits per heavy atom. The molecule has 10 heteroatoms. The number of aryl methyl sites for hydroxylation is 1. The maximum Gasteiger partial charge on any atom is 0.355 e. The molecule has 2 saturated heterocycles. The van der Waals surface area contributed by atoms with Crippen LogP contribution in [-0.2, 0) is 19.2 Å². The number of amides is 3. The van der Waals surface area contributed by atoms with Crippen LogP contribution in [0.1, 0.15) is 69.5 Å². The second kappa shape index (κ2) is 10.2. The molecule has 0 aromatic heterocycles. The zero-order valence-corrected chi connectivity index (χ0v) is 22.2. The number of rotatable bonds is 5. The van der Waals surface area contributed by atoms with E-state index in [0.717, 1.165) is 5.56 Å². The standard InChI is InChI=1S/C31H26N2O8/c1-17-8-10-21-25(15-17)40-24-7-3-2-5-20(24)28(21)22-16-18(9-11-19(22)30(37)38)29(36)32-14-4-6-23(32)31(39)41-33-26(34)12-13-27(33)35/h2,5,7-11,15-16,23H,3-4,6,12-14H2,1H3,(H,37,38). The molecule has 1 atom stereocenters. The first-order chi connectivity index (χ1) is 19.7. The van der Waals surface area contributed by atoms with Crippen LogP contribution in [0.25, 0.3) is 5.57 Å². The molecule has 1 N–H and O–H groups in total. The summed E-state index contributed by atoms with van der Waals surface area (Å²) in [5, 5.41) is 10.6. The summed E-state index contributed by atoms with van der Waals surface area (Å²) in [6.45, 7) is 2.20. The molecular formula is C31H26N2O8. The van der Waals surface area contributed by atoms with Gasteiger partial charge in [-0.15, -0.1) is 5.06 Å². The number of benzene rings is 2. The van der Waals surface area contributed by atoms with E-state index < -0.39 is 35.7 Å². The van der Waals surface area contributed by atoms with Crippen molar-refractivity contribution in [3.63, 3.8) is 0 Å². The molecule has 3 amide bonds. The summed E-state index contributed by atoms with van der Waals surface area (Å²) in [6.07, 6.45) is 7.19. The topological polar surface area (TPSA) is 131 Å². The molecule has 208 valence electrons. The predicted molar refractivity (Wildman–Crippen MR) is 144 cm³/mol. The number of nitrogens with zero attached hydrogens (tertiary/aromatic N) is 2. The highest BCUT2D eigenvalue weighted by atomic mass is 16.7. The first-order valence-corrected chi connectivity index (χ1v) is 13.4. The molecule has 1 unspecified atom stereocenters. The summed E-state index contributed by atoms with van der Waals surface area (Å²) in [5.74, 6) is -2.49. The Bertz CT molecular complexity index is 1620. The summed E-state index contributed by atoms with van der Waals surface area (Å²) < 4.78 is 6.16. The second-order valence-electron chi connectivity index (χ2n) is 10.3. The fourth-order valence-corrected chi connectivity index (χ4v) is 5.63. The van der Waals surface area contributed by atoms with Gasteiger partial charge in [-0.05, 0) is 67.7 Å². The number of carbonyl (C=O) groups excluding carboxylic acids is 4. The van der Waals surface area contributed by atoms with Crippen LogP contribution in [-0.4, -0.2) is 57.3 Å². The monoisotopic (exact) mass is 554 g/mol. The summed E-state index contributed by atoms with van der Waals surface area (Å²) >= 11 is 0. The number of ether oxygens (including phenoxy) is 1. The summed E-state index contributed by atoms with van der Waals surface area (Å²) in [6, 6.07) is 9.04. The van der Waals surface area contributed by atoms with Crippen LogP contribution in [0.3, 0.4) is 0 Å². The zero-order chi connectivity index (χ0) is 28.8. The number of hydrogen-bond donors (Lipinski definition) is 1. The SMILES string of the molecule is Cc1ccc2c(c1)OC1=CCC=CC1=C2c1cc(C(=O)N2CCCC2C(=O)ON2C(=O)CCC2=O)ccc1C(=O)O. The number of imide groups is 1. The molecule has 3 aliphatic heterocycles. The lowest BCUT2D eigenvalue weighted by Crippen LogP contribution is -2.44. The number of carboxylic acid groups (broad SMARTS) is 1. The molecular weight excluding hydrogens is 528 g/mol. The Labute approximate surface area is 235 Å². The van der Waals surface area contributed by atoms with Crippen molar-refractivity contribution in [1.82, 2.24) is 9.96 Å². The van der Waals surface area contributed by atoms with Crippen molar-refractivity contribution in [2.24, 2.45) is 0 Å². The lowest BCUT2D eigenvalue weighted by atomic mass is 9.84. The molecule has 6 rings (SSSR count). The quantitative estimate of drug-likeness (QED) is 0.550. The molecule has 1 aliphatic carbocycles. The molecule has 0 saturated carbocycles. The molecule has 0 spiro atoms. The van der Waals surface area contributed by atoms with Crippen LogP contribution in [0, 0.1) is 6.92 Å². The molecule has 2 aromatic carbocycles. The van der Waals surface area contributed by atoms with Crippen molar-refractivity contribution >= 4 is 35.2 Å². The Morgan fingerprint density at radius 3 is 2.56 bits per heavy atom. The minimum Gasteiger partial charge on any atom is -0.478 e. The van der Waals surface area contributed by atoms with Crippen LogP contribution in [0.15, 0.2) is 66.0 Å². The van der Waals surface area contributed by atoms with Gasteiger partial charge in [-0.2, -0.15) is 0 Å². The van der Waals surface area contributed by atoms with Crippen LogP contribution in [0.4, 0.5) is 0 Å². The average molecular weight is 555 g/mol. The highest BCUT2D eigenvalue weighted by molar-refractivity contribution is 6.05. The molecule has 2 fully saturated rings. The lowest BCUT2D eigenvalue weighted by molar-refractivity contribution is -0.200. The smallest absolute Gasteiger partial charge is 0.355 e. The summed E-state index contributed by atoms with van der Waals surface area (Å²) in [7, 11) is 0. The fourth-order valence-electron chi connectivity index (χ4n) is 5.63. The molecule has 10 nitrogen and oxygen atoms in total. The minimum absolute atomic E-state index is 0.0132. The van der Waals surface area contributed by atoms with Crippen molar-refractivity contribution < 1.29 is 38.7 Å². The highest BCUT2D eigenvalue weighted by Crippen LogP contribution is 2.44. The Kier molecular flexibility index (Phi) is 6.53. The van der Waals surface area contributed by atoms with Gasteiger partial charge in [0, 0.05) is 41.7 Å². The van der Waals surface area contributed by atoms with Crippen molar-refractivity contribution in [2.75, 3.05) is 6.54 Å². The Morgan fingerprint density at radius 2 is 1.80 bits per heavy atom. The predicted octanol–water partition coefficient (Wildman–Crippen LogP) is 3.94. The van der Waals surface area contributed by atoms with E-state index in [1.807, 2.05) is 43.4 Å². The number of likely N-dealkylation sites (tertiary alicyclic amines) is 1.